The van der Waals surface area contributed by atoms with Crippen LogP contribution >= 0.6 is 0 Å². The summed E-state index contributed by atoms with van der Waals surface area (Å²) in [6.07, 6.45) is 0. The third-order valence-corrected chi connectivity index (χ3v) is 3.45. The van der Waals surface area contributed by atoms with Gasteiger partial charge in [-0.1, -0.05) is 32.0 Å². The maximum absolute atomic E-state index is 5.43. The molecule has 0 bridgehead atoms. The molecule has 3 nitrogen and oxygen atoms in total. The van der Waals surface area contributed by atoms with E-state index in [-0.39, 0.29) is 0 Å². The maximum atomic E-state index is 5.43. The lowest BCUT2D eigenvalue weighted by Crippen LogP contribution is -2.34. The molecule has 1 N–H and O–H groups in total. The average Bonchev–Trinajstić information content (AvgIpc) is 2.50. The quantitative estimate of drug-likeness (QED) is 0.887. The number of hydrogen-bond acceptors (Lipinski definition) is 3. The van der Waals surface area contributed by atoms with Crippen molar-refractivity contribution < 1.29 is 4.74 Å². The zero-order valence-corrected chi connectivity index (χ0v) is 11.7. The summed E-state index contributed by atoms with van der Waals surface area (Å²) in [6.45, 7) is 9.99. The molecule has 0 saturated carbocycles. The van der Waals surface area contributed by atoms with Gasteiger partial charge in [-0.15, -0.1) is 0 Å². The molecule has 3 heteroatoms. The van der Waals surface area contributed by atoms with Crippen LogP contribution in [0.25, 0.3) is 0 Å². The lowest BCUT2D eigenvalue weighted by molar-refractivity contribution is 0.198. The maximum Gasteiger partial charge on any atom is 0.123 e. The lowest BCUT2D eigenvalue weighted by atomic mass is 9.93. The first-order valence-electron chi connectivity index (χ1n) is 6.66. The Morgan fingerprint density at radius 3 is 2.89 bits per heavy atom. The van der Waals surface area contributed by atoms with Crippen molar-refractivity contribution in [2.45, 2.75) is 20.4 Å². The molecular weight excluding hydrogens is 224 g/mol. The van der Waals surface area contributed by atoms with Crippen LogP contribution in [0.4, 0.5) is 0 Å². The summed E-state index contributed by atoms with van der Waals surface area (Å²) in [7, 11) is 1.74. The van der Waals surface area contributed by atoms with Crippen LogP contribution in [0, 0.1) is 5.41 Å². The molecule has 1 saturated heterocycles. The molecule has 2 rings (SSSR count). The van der Waals surface area contributed by atoms with Crippen LogP contribution in [0.1, 0.15) is 19.4 Å². The van der Waals surface area contributed by atoms with Crippen molar-refractivity contribution in [1.82, 2.24) is 10.2 Å². The molecule has 0 unspecified atom stereocenters. The van der Waals surface area contributed by atoms with Crippen LogP contribution in [0.15, 0.2) is 24.3 Å². The van der Waals surface area contributed by atoms with E-state index in [2.05, 4.69) is 36.2 Å². The molecule has 1 aliphatic rings. The largest absolute Gasteiger partial charge is 0.496 e. The van der Waals surface area contributed by atoms with E-state index in [1.54, 1.807) is 7.11 Å². The predicted octanol–water partition coefficient (Wildman–Crippen LogP) is 2.13. The highest BCUT2D eigenvalue weighted by Crippen LogP contribution is 2.23. The molecular formula is C15H24N2O. The van der Waals surface area contributed by atoms with Gasteiger partial charge in [0, 0.05) is 38.3 Å². The molecule has 0 spiro atoms. The summed E-state index contributed by atoms with van der Waals surface area (Å²) >= 11 is 0. The van der Waals surface area contributed by atoms with E-state index in [0.717, 1.165) is 38.5 Å². The highest BCUT2D eigenvalue weighted by atomic mass is 16.5. The Labute approximate surface area is 110 Å². The second kappa shape index (κ2) is 5.72. The fourth-order valence-corrected chi connectivity index (χ4v) is 2.61. The number of nitrogens with one attached hydrogen (secondary N) is 1. The topological polar surface area (TPSA) is 24.5 Å². The monoisotopic (exact) mass is 248 g/mol. The highest BCUT2D eigenvalue weighted by molar-refractivity contribution is 5.33. The van der Waals surface area contributed by atoms with E-state index in [0.29, 0.717) is 5.41 Å². The van der Waals surface area contributed by atoms with Gasteiger partial charge in [-0.25, -0.2) is 0 Å². The van der Waals surface area contributed by atoms with Crippen molar-refractivity contribution >= 4 is 0 Å². The molecule has 0 aromatic heterocycles. The van der Waals surface area contributed by atoms with Crippen molar-refractivity contribution in [2.24, 2.45) is 5.41 Å². The third-order valence-electron chi connectivity index (χ3n) is 3.45. The van der Waals surface area contributed by atoms with Gasteiger partial charge in [0.1, 0.15) is 5.75 Å². The van der Waals surface area contributed by atoms with Gasteiger partial charge in [0.15, 0.2) is 0 Å². The van der Waals surface area contributed by atoms with Gasteiger partial charge in [0.2, 0.25) is 0 Å². The lowest BCUT2D eigenvalue weighted by Gasteiger charge is -2.29. The second-order valence-corrected chi connectivity index (χ2v) is 5.86. The molecule has 1 aromatic rings. The zero-order valence-electron chi connectivity index (χ0n) is 11.7. The molecule has 1 aromatic carbocycles. The van der Waals surface area contributed by atoms with Gasteiger partial charge in [0.25, 0.3) is 0 Å². The minimum atomic E-state index is 0.332. The Morgan fingerprint density at radius 2 is 2.11 bits per heavy atom. The van der Waals surface area contributed by atoms with E-state index < -0.39 is 0 Å². The first-order chi connectivity index (χ1) is 8.61. The number of rotatable bonds is 3. The Bertz CT molecular complexity index is 390. The van der Waals surface area contributed by atoms with Gasteiger partial charge in [0.05, 0.1) is 7.11 Å². The SMILES string of the molecule is COc1ccccc1CN1CCNCC(C)(C)C1. The Balaban J connectivity index is 2.07. The fourth-order valence-electron chi connectivity index (χ4n) is 2.61. The molecule has 0 atom stereocenters. The van der Waals surface area contributed by atoms with Crippen LogP contribution in [0.2, 0.25) is 0 Å². The Morgan fingerprint density at radius 1 is 1.33 bits per heavy atom. The van der Waals surface area contributed by atoms with E-state index in [1.165, 1.54) is 5.56 Å². The number of benzene rings is 1. The fraction of sp³-hybridized carbons (Fsp3) is 0.600. The Hall–Kier alpha value is -1.06. The molecule has 0 aliphatic carbocycles. The minimum absolute atomic E-state index is 0.332. The zero-order chi connectivity index (χ0) is 13.0. The average molecular weight is 248 g/mol. The van der Waals surface area contributed by atoms with Crippen LogP contribution in [-0.4, -0.2) is 38.2 Å². The molecule has 1 aliphatic heterocycles. The smallest absolute Gasteiger partial charge is 0.123 e. The summed E-state index contributed by atoms with van der Waals surface area (Å²) in [6, 6.07) is 8.30. The van der Waals surface area contributed by atoms with Crippen LogP contribution in [0.5, 0.6) is 5.75 Å². The molecule has 1 fully saturated rings. The van der Waals surface area contributed by atoms with Gasteiger partial charge >= 0.3 is 0 Å². The Kier molecular flexibility index (Phi) is 4.25. The number of methoxy groups -OCH3 is 1. The van der Waals surface area contributed by atoms with E-state index >= 15 is 0 Å². The molecule has 0 amide bonds. The molecule has 1 heterocycles. The van der Waals surface area contributed by atoms with Crippen molar-refractivity contribution in [1.29, 1.82) is 0 Å². The summed E-state index contributed by atoms with van der Waals surface area (Å²) in [5.74, 6) is 0.993. The van der Waals surface area contributed by atoms with Gasteiger partial charge < -0.3 is 10.1 Å². The molecule has 0 radical (unpaired) electrons. The summed E-state index contributed by atoms with van der Waals surface area (Å²) in [5.41, 5.74) is 1.61. The van der Waals surface area contributed by atoms with E-state index in [1.807, 2.05) is 12.1 Å². The van der Waals surface area contributed by atoms with Crippen LogP contribution in [-0.2, 0) is 6.54 Å². The second-order valence-electron chi connectivity index (χ2n) is 5.86. The first kappa shape index (κ1) is 13.4. The molecule has 18 heavy (non-hydrogen) atoms. The van der Waals surface area contributed by atoms with E-state index in [4.69, 9.17) is 4.74 Å². The van der Waals surface area contributed by atoms with Gasteiger partial charge in [-0.05, 0) is 11.5 Å². The normalized spacial score (nSPS) is 20.4. The summed E-state index contributed by atoms with van der Waals surface area (Å²) in [4.78, 5) is 2.51. The van der Waals surface area contributed by atoms with Crippen molar-refractivity contribution in [2.75, 3.05) is 33.3 Å². The summed E-state index contributed by atoms with van der Waals surface area (Å²) < 4.78 is 5.43. The van der Waals surface area contributed by atoms with Gasteiger partial charge in [-0.2, -0.15) is 0 Å². The number of hydrogen-bond donors (Lipinski definition) is 1. The number of nitrogens with zero attached hydrogens (tertiary/aromatic N) is 1. The number of para-hydroxylation sites is 1. The standard InChI is InChI=1S/C15H24N2O/c1-15(2)11-16-8-9-17(12-15)10-13-6-4-5-7-14(13)18-3/h4-7,16H,8-12H2,1-3H3. The minimum Gasteiger partial charge on any atom is -0.496 e. The number of ether oxygens (including phenoxy) is 1. The van der Waals surface area contributed by atoms with Crippen molar-refractivity contribution in [3.05, 3.63) is 29.8 Å². The van der Waals surface area contributed by atoms with E-state index in [9.17, 15) is 0 Å². The predicted molar refractivity (Wildman–Crippen MR) is 74.9 cm³/mol. The first-order valence-corrected chi connectivity index (χ1v) is 6.66. The van der Waals surface area contributed by atoms with Crippen LogP contribution < -0.4 is 10.1 Å². The highest BCUT2D eigenvalue weighted by Gasteiger charge is 2.24. The van der Waals surface area contributed by atoms with Gasteiger partial charge in [-0.3, -0.25) is 4.90 Å². The van der Waals surface area contributed by atoms with Crippen LogP contribution in [0.3, 0.4) is 0 Å². The molecule has 100 valence electrons. The summed E-state index contributed by atoms with van der Waals surface area (Å²) in [5, 5.41) is 3.51. The van der Waals surface area contributed by atoms with Crippen molar-refractivity contribution in [3.63, 3.8) is 0 Å². The third kappa shape index (κ3) is 3.47. The van der Waals surface area contributed by atoms with Crippen molar-refractivity contribution in [3.8, 4) is 5.75 Å².